The van der Waals surface area contributed by atoms with Crippen molar-refractivity contribution in [3.05, 3.63) is 58.5 Å². The summed E-state index contributed by atoms with van der Waals surface area (Å²) in [6.45, 7) is 2.19. The molecule has 2 aromatic carbocycles. The van der Waals surface area contributed by atoms with Crippen LogP contribution in [-0.2, 0) is 16.0 Å². The van der Waals surface area contributed by atoms with E-state index in [1.165, 1.54) is 11.8 Å². The molecule has 0 saturated carbocycles. The van der Waals surface area contributed by atoms with E-state index in [4.69, 9.17) is 26.4 Å². The number of thioether (sulfide) groups is 1. The number of thiocarbonyl (C=S) groups is 1. The van der Waals surface area contributed by atoms with Crippen molar-refractivity contribution < 1.29 is 28.9 Å². The molecule has 7 nitrogen and oxygen atoms in total. The molecule has 174 valence electrons. The number of hydrogen-bond donors (Lipinski definition) is 1. The molecule has 1 saturated heterocycles. The predicted molar refractivity (Wildman–Crippen MR) is 132 cm³/mol. The van der Waals surface area contributed by atoms with Crippen LogP contribution in [0.1, 0.15) is 24.5 Å². The van der Waals surface area contributed by atoms with Gasteiger partial charge in [0.25, 0.3) is 5.91 Å². The van der Waals surface area contributed by atoms with Crippen LogP contribution < -0.4 is 14.2 Å². The number of nitrogens with zero attached hydrogens (tertiary/aromatic N) is 1. The Labute approximate surface area is 202 Å². The normalized spacial score (nSPS) is 15.6. The lowest BCUT2D eigenvalue weighted by Crippen LogP contribution is -2.30. The average molecular weight is 488 g/mol. The highest BCUT2D eigenvalue weighted by Crippen LogP contribution is 2.34. The Balaban J connectivity index is 1.70. The fourth-order valence-corrected chi connectivity index (χ4v) is 4.58. The maximum Gasteiger partial charge on any atom is 0.344 e. The highest BCUT2D eigenvalue weighted by Gasteiger charge is 2.31. The summed E-state index contributed by atoms with van der Waals surface area (Å²) in [6, 6.07) is 12.6. The second-order valence-corrected chi connectivity index (χ2v) is 8.87. The molecule has 1 unspecified atom stereocenters. The van der Waals surface area contributed by atoms with Gasteiger partial charge in [0.15, 0.2) is 17.6 Å². The van der Waals surface area contributed by atoms with Crippen molar-refractivity contribution in [1.29, 1.82) is 0 Å². The summed E-state index contributed by atoms with van der Waals surface area (Å²) in [7, 11) is 3.17. The van der Waals surface area contributed by atoms with Crippen molar-refractivity contribution in [1.82, 2.24) is 4.90 Å². The second kappa shape index (κ2) is 11.2. The van der Waals surface area contributed by atoms with Gasteiger partial charge in [0.1, 0.15) is 10.1 Å². The average Bonchev–Trinajstić information content (AvgIpc) is 3.07. The minimum atomic E-state index is -1.02. The second-order valence-electron chi connectivity index (χ2n) is 7.20. The number of carbonyl (C=O) groups excluding carboxylic acids is 1. The summed E-state index contributed by atoms with van der Waals surface area (Å²) < 4.78 is 16.6. The zero-order chi connectivity index (χ0) is 24.0. The molecule has 2 aromatic rings. The van der Waals surface area contributed by atoms with Crippen molar-refractivity contribution >= 4 is 46.3 Å². The van der Waals surface area contributed by atoms with Crippen LogP contribution in [-0.4, -0.2) is 53.1 Å². The van der Waals surface area contributed by atoms with Crippen molar-refractivity contribution in [2.45, 2.75) is 25.9 Å². The minimum Gasteiger partial charge on any atom is -0.493 e. The van der Waals surface area contributed by atoms with Gasteiger partial charge in [0, 0.05) is 6.54 Å². The first kappa shape index (κ1) is 24.6. The number of amides is 1. The van der Waals surface area contributed by atoms with E-state index in [9.17, 15) is 14.7 Å². The number of ether oxygens (including phenoxy) is 3. The Morgan fingerprint density at radius 3 is 2.61 bits per heavy atom. The van der Waals surface area contributed by atoms with E-state index >= 15 is 0 Å². The Morgan fingerprint density at radius 2 is 1.94 bits per heavy atom. The molecular weight excluding hydrogens is 462 g/mol. The van der Waals surface area contributed by atoms with E-state index in [1.54, 1.807) is 50.3 Å². The number of rotatable bonds is 10. The van der Waals surface area contributed by atoms with E-state index in [0.29, 0.717) is 45.9 Å². The number of carboxylic acid groups (broad SMARTS) is 1. The first-order valence-corrected chi connectivity index (χ1v) is 11.5. The van der Waals surface area contributed by atoms with Gasteiger partial charge >= 0.3 is 5.97 Å². The summed E-state index contributed by atoms with van der Waals surface area (Å²) >= 11 is 6.68. The maximum absolute atomic E-state index is 13.0. The van der Waals surface area contributed by atoms with E-state index in [1.807, 2.05) is 24.3 Å². The van der Waals surface area contributed by atoms with Gasteiger partial charge in [0.2, 0.25) is 0 Å². The summed E-state index contributed by atoms with van der Waals surface area (Å²) in [4.78, 5) is 26.3. The highest BCUT2D eigenvalue weighted by atomic mass is 32.2. The van der Waals surface area contributed by atoms with Crippen molar-refractivity contribution in [3.8, 4) is 17.2 Å². The molecule has 33 heavy (non-hydrogen) atoms. The summed E-state index contributed by atoms with van der Waals surface area (Å²) in [5.41, 5.74) is 1.73. The Morgan fingerprint density at radius 1 is 1.18 bits per heavy atom. The van der Waals surface area contributed by atoms with Crippen LogP contribution >= 0.6 is 24.0 Å². The van der Waals surface area contributed by atoms with E-state index in [-0.39, 0.29) is 5.91 Å². The topological polar surface area (TPSA) is 85.3 Å². The van der Waals surface area contributed by atoms with Crippen molar-refractivity contribution in [2.75, 3.05) is 20.8 Å². The molecular formula is C24H25NO6S2. The van der Waals surface area contributed by atoms with Crippen LogP contribution in [0.25, 0.3) is 6.08 Å². The molecule has 1 aliphatic heterocycles. The third-order valence-corrected chi connectivity index (χ3v) is 6.40. The molecule has 1 fully saturated rings. The van der Waals surface area contributed by atoms with Gasteiger partial charge < -0.3 is 19.3 Å². The van der Waals surface area contributed by atoms with Gasteiger partial charge in [-0.3, -0.25) is 9.69 Å². The summed E-state index contributed by atoms with van der Waals surface area (Å²) in [6.07, 6.45) is 1.77. The highest BCUT2D eigenvalue weighted by molar-refractivity contribution is 8.26. The first-order valence-electron chi connectivity index (χ1n) is 10.3. The Hall–Kier alpha value is -3.04. The molecule has 9 heteroatoms. The lowest BCUT2D eigenvalue weighted by atomic mass is 10.1. The maximum atomic E-state index is 13.0. The lowest BCUT2D eigenvalue weighted by molar-refractivity contribution is -0.145. The van der Waals surface area contributed by atoms with Crippen LogP contribution in [0, 0.1) is 0 Å². The Kier molecular flexibility index (Phi) is 8.35. The molecule has 0 radical (unpaired) electrons. The van der Waals surface area contributed by atoms with Gasteiger partial charge in [-0.25, -0.2) is 4.79 Å². The molecule has 1 amide bonds. The smallest absolute Gasteiger partial charge is 0.344 e. The summed E-state index contributed by atoms with van der Waals surface area (Å²) in [5, 5.41) is 9.20. The van der Waals surface area contributed by atoms with Gasteiger partial charge in [-0.05, 0) is 54.3 Å². The number of carboxylic acids is 1. The number of aliphatic carboxylic acids is 1. The van der Waals surface area contributed by atoms with Crippen LogP contribution in [0.15, 0.2) is 47.4 Å². The Bertz CT molecular complexity index is 1080. The zero-order valence-corrected chi connectivity index (χ0v) is 20.2. The molecule has 3 rings (SSSR count). The van der Waals surface area contributed by atoms with Crippen LogP contribution in [0.4, 0.5) is 0 Å². The monoisotopic (exact) mass is 487 g/mol. The van der Waals surface area contributed by atoms with E-state index in [0.717, 1.165) is 11.1 Å². The molecule has 1 atom stereocenters. The van der Waals surface area contributed by atoms with Crippen molar-refractivity contribution in [3.63, 3.8) is 0 Å². The van der Waals surface area contributed by atoms with Crippen LogP contribution in [0.5, 0.6) is 17.2 Å². The molecule has 0 aromatic heterocycles. The molecule has 0 aliphatic carbocycles. The van der Waals surface area contributed by atoms with Crippen molar-refractivity contribution in [2.24, 2.45) is 0 Å². The van der Waals surface area contributed by atoms with Gasteiger partial charge in [-0.2, -0.15) is 0 Å². The zero-order valence-electron chi connectivity index (χ0n) is 18.6. The number of carbonyl (C=O) groups is 2. The first-order chi connectivity index (χ1) is 15.9. The number of hydrogen-bond acceptors (Lipinski definition) is 7. The third kappa shape index (κ3) is 6.06. The molecule has 0 bridgehead atoms. The molecule has 1 heterocycles. The molecule has 0 spiro atoms. The standard InChI is InChI=1S/C24H25NO6S2/c1-4-18(23(27)28)31-17-7-5-6-16(12-17)14-21-22(26)25(24(32)33-21)11-10-15-8-9-19(29-2)20(13-15)30-3/h5-9,12-14,18H,4,10-11H2,1-3H3,(H,27,28)/b21-14+. The van der Waals surface area contributed by atoms with Gasteiger partial charge in [-0.15, -0.1) is 0 Å². The van der Waals surface area contributed by atoms with Crippen LogP contribution in [0.3, 0.4) is 0 Å². The van der Waals surface area contributed by atoms with Gasteiger partial charge in [-0.1, -0.05) is 49.1 Å². The fourth-order valence-electron chi connectivity index (χ4n) is 3.27. The predicted octanol–water partition coefficient (Wildman–Crippen LogP) is 4.39. The SMILES string of the molecule is CCC(Oc1cccc(/C=C2/SC(=S)N(CCc3ccc(OC)c(OC)c3)C2=O)c1)C(=O)O. The van der Waals surface area contributed by atoms with E-state index < -0.39 is 12.1 Å². The number of methoxy groups -OCH3 is 2. The fraction of sp³-hybridized carbons (Fsp3) is 0.292. The summed E-state index contributed by atoms with van der Waals surface area (Å²) in [5.74, 6) is 0.541. The third-order valence-electron chi connectivity index (χ3n) is 5.03. The number of benzene rings is 2. The largest absolute Gasteiger partial charge is 0.493 e. The molecule has 1 aliphatic rings. The lowest BCUT2D eigenvalue weighted by Gasteiger charge is -2.15. The van der Waals surface area contributed by atoms with E-state index in [2.05, 4.69) is 0 Å². The quantitative estimate of drug-likeness (QED) is 0.390. The van der Waals surface area contributed by atoms with Gasteiger partial charge in [0.05, 0.1) is 19.1 Å². The molecule has 1 N–H and O–H groups in total. The van der Waals surface area contributed by atoms with Crippen LogP contribution in [0.2, 0.25) is 0 Å². The minimum absolute atomic E-state index is 0.159.